The Morgan fingerprint density at radius 3 is 2.40 bits per heavy atom. The fraction of sp³-hybridized carbons (Fsp3) is 0.273. The van der Waals surface area contributed by atoms with Crippen LogP contribution in [0.5, 0.6) is 0 Å². The molecule has 82 valence electrons. The molecule has 0 heterocycles. The second-order valence-corrected chi connectivity index (χ2v) is 5.09. The van der Waals surface area contributed by atoms with E-state index in [0.717, 1.165) is 6.07 Å². The van der Waals surface area contributed by atoms with Crippen LogP contribution in [0.15, 0.2) is 30.3 Å². The van der Waals surface area contributed by atoms with Crippen LogP contribution in [-0.4, -0.2) is 3.92 Å². The van der Waals surface area contributed by atoms with Gasteiger partial charge in [0, 0.05) is 3.92 Å². The smallest absolute Gasteiger partial charge is 0.166 e. The van der Waals surface area contributed by atoms with Crippen molar-refractivity contribution in [2.24, 2.45) is 0 Å². The molecule has 0 spiro atoms. The molecule has 0 fully saturated rings. The van der Waals surface area contributed by atoms with Gasteiger partial charge in [-0.15, -0.1) is 0 Å². The zero-order valence-electron chi connectivity index (χ0n) is 8.05. The van der Waals surface area contributed by atoms with E-state index in [1.165, 1.54) is 18.2 Å². The number of allylic oxidation sites excluding steroid dienone is 1. The summed E-state index contributed by atoms with van der Waals surface area (Å²) in [5.41, 5.74) is -0.369. The second kappa shape index (κ2) is 5.01. The van der Waals surface area contributed by atoms with Crippen LogP contribution in [0.1, 0.15) is 18.1 Å². The van der Waals surface area contributed by atoms with E-state index >= 15 is 0 Å². The minimum Gasteiger partial charge on any atom is -0.166 e. The van der Waals surface area contributed by atoms with Gasteiger partial charge in [0.15, 0.2) is 0 Å². The largest absolute Gasteiger partial charge is 0.416 e. The minimum atomic E-state index is -4.28. The molecule has 0 radical (unpaired) electrons. The Morgan fingerprint density at radius 2 is 1.87 bits per heavy atom. The molecular weight excluding hydrogens is 316 g/mol. The highest BCUT2D eigenvalue weighted by Gasteiger charge is 2.32. The summed E-state index contributed by atoms with van der Waals surface area (Å²) in [7, 11) is 0. The Hall–Kier alpha value is -0.520. The van der Waals surface area contributed by atoms with Crippen LogP contribution >= 0.6 is 22.6 Å². The van der Waals surface area contributed by atoms with Gasteiger partial charge >= 0.3 is 6.18 Å². The summed E-state index contributed by atoms with van der Waals surface area (Å²) in [6.07, 6.45) is -1.03. The summed E-state index contributed by atoms with van der Waals surface area (Å²) in [6, 6.07) is 5.57. The van der Waals surface area contributed by atoms with Gasteiger partial charge in [-0.25, -0.2) is 0 Å². The van der Waals surface area contributed by atoms with Gasteiger partial charge in [-0.2, -0.15) is 13.2 Å². The number of alkyl halides is 4. The number of benzene rings is 1. The lowest BCUT2D eigenvalue weighted by Gasteiger charge is -2.09. The standard InChI is InChI=1S/C11H10F3I/c1-8(15)6-7-9-4-2-3-5-10(9)11(12,13)14/h2-8H,1H3/b7-6+. The summed E-state index contributed by atoms with van der Waals surface area (Å²) >= 11 is 2.13. The predicted molar refractivity (Wildman–Crippen MR) is 64.0 cm³/mol. The van der Waals surface area contributed by atoms with Crippen LogP contribution in [0.25, 0.3) is 6.08 Å². The zero-order valence-corrected chi connectivity index (χ0v) is 10.2. The Bertz CT molecular complexity index is 353. The van der Waals surface area contributed by atoms with Crippen LogP contribution in [0, 0.1) is 0 Å². The molecule has 1 rings (SSSR count). The summed E-state index contributed by atoms with van der Waals surface area (Å²) in [5, 5.41) is 0. The first-order valence-electron chi connectivity index (χ1n) is 4.40. The summed E-state index contributed by atoms with van der Waals surface area (Å²) in [4.78, 5) is 0. The molecule has 0 aromatic heterocycles. The van der Waals surface area contributed by atoms with Gasteiger partial charge in [0.05, 0.1) is 5.56 Å². The SMILES string of the molecule is CC(I)/C=C/c1ccccc1C(F)(F)F. The lowest BCUT2D eigenvalue weighted by atomic mass is 10.1. The highest BCUT2D eigenvalue weighted by molar-refractivity contribution is 14.1. The molecule has 0 N–H and O–H groups in total. The maximum absolute atomic E-state index is 12.5. The molecule has 0 amide bonds. The molecule has 0 aliphatic carbocycles. The Balaban J connectivity index is 3.08. The average molecular weight is 326 g/mol. The molecule has 1 atom stereocenters. The van der Waals surface area contributed by atoms with Crippen molar-refractivity contribution < 1.29 is 13.2 Å². The molecular formula is C11H10F3I. The van der Waals surface area contributed by atoms with Gasteiger partial charge < -0.3 is 0 Å². The minimum absolute atomic E-state index is 0.212. The van der Waals surface area contributed by atoms with Crippen molar-refractivity contribution in [1.82, 2.24) is 0 Å². The first kappa shape index (κ1) is 12.5. The molecule has 0 bridgehead atoms. The van der Waals surface area contributed by atoms with Crippen LogP contribution in [0.3, 0.4) is 0 Å². The molecule has 0 saturated heterocycles. The quantitative estimate of drug-likeness (QED) is 0.553. The van der Waals surface area contributed by atoms with E-state index < -0.39 is 11.7 Å². The monoisotopic (exact) mass is 326 g/mol. The Kier molecular flexibility index (Phi) is 4.19. The van der Waals surface area contributed by atoms with Crippen LogP contribution < -0.4 is 0 Å². The molecule has 0 saturated carbocycles. The molecule has 1 unspecified atom stereocenters. The molecule has 0 nitrogen and oxygen atoms in total. The molecule has 15 heavy (non-hydrogen) atoms. The molecule has 1 aromatic carbocycles. The molecule has 1 aromatic rings. The van der Waals surface area contributed by atoms with E-state index in [1.54, 1.807) is 12.1 Å². The molecule has 4 heteroatoms. The van der Waals surface area contributed by atoms with Crippen LogP contribution in [0.4, 0.5) is 13.2 Å². The van der Waals surface area contributed by atoms with Crippen molar-refractivity contribution >= 4 is 28.7 Å². The molecule has 0 aliphatic heterocycles. The fourth-order valence-electron chi connectivity index (χ4n) is 1.14. The lowest BCUT2D eigenvalue weighted by Crippen LogP contribution is -2.06. The van der Waals surface area contributed by atoms with E-state index in [1.807, 2.05) is 6.92 Å². The Labute approximate surface area is 100 Å². The van der Waals surface area contributed by atoms with E-state index in [4.69, 9.17) is 0 Å². The van der Waals surface area contributed by atoms with Crippen LogP contribution in [-0.2, 0) is 6.18 Å². The van der Waals surface area contributed by atoms with Crippen molar-refractivity contribution in [2.75, 3.05) is 0 Å². The van der Waals surface area contributed by atoms with Crippen molar-refractivity contribution in [3.8, 4) is 0 Å². The number of hydrogen-bond donors (Lipinski definition) is 0. The first-order chi connectivity index (χ1) is 6.91. The van der Waals surface area contributed by atoms with E-state index in [-0.39, 0.29) is 9.49 Å². The lowest BCUT2D eigenvalue weighted by molar-refractivity contribution is -0.137. The third-order valence-corrected chi connectivity index (χ3v) is 2.22. The van der Waals surface area contributed by atoms with Gasteiger partial charge in [-0.1, -0.05) is 52.9 Å². The van der Waals surface area contributed by atoms with Crippen molar-refractivity contribution in [2.45, 2.75) is 17.0 Å². The maximum Gasteiger partial charge on any atom is 0.416 e. The maximum atomic E-state index is 12.5. The first-order valence-corrected chi connectivity index (χ1v) is 5.64. The zero-order chi connectivity index (χ0) is 11.5. The Morgan fingerprint density at radius 1 is 1.27 bits per heavy atom. The van der Waals surface area contributed by atoms with Gasteiger partial charge in [-0.3, -0.25) is 0 Å². The van der Waals surface area contributed by atoms with Gasteiger partial charge in [0.1, 0.15) is 0 Å². The van der Waals surface area contributed by atoms with E-state index in [2.05, 4.69) is 22.6 Å². The fourth-order valence-corrected chi connectivity index (χ4v) is 1.34. The summed E-state index contributed by atoms with van der Waals surface area (Å²) < 4.78 is 37.8. The highest BCUT2D eigenvalue weighted by atomic mass is 127. The van der Waals surface area contributed by atoms with Crippen molar-refractivity contribution in [3.63, 3.8) is 0 Å². The van der Waals surface area contributed by atoms with Crippen molar-refractivity contribution in [3.05, 3.63) is 41.5 Å². The van der Waals surface area contributed by atoms with Gasteiger partial charge in [0.2, 0.25) is 0 Å². The summed E-state index contributed by atoms with van der Waals surface area (Å²) in [5.74, 6) is 0. The molecule has 0 aliphatic rings. The number of halogens is 4. The normalized spacial score (nSPS) is 14.5. The second-order valence-electron chi connectivity index (χ2n) is 3.12. The van der Waals surface area contributed by atoms with Gasteiger partial charge in [0.25, 0.3) is 0 Å². The topological polar surface area (TPSA) is 0 Å². The number of hydrogen-bond acceptors (Lipinski definition) is 0. The number of rotatable bonds is 2. The van der Waals surface area contributed by atoms with Crippen molar-refractivity contribution in [1.29, 1.82) is 0 Å². The van der Waals surface area contributed by atoms with E-state index in [9.17, 15) is 13.2 Å². The summed E-state index contributed by atoms with van der Waals surface area (Å²) in [6.45, 7) is 1.91. The van der Waals surface area contributed by atoms with Gasteiger partial charge in [-0.05, 0) is 18.6 Å². The predicted octanol–water partition coefficient (Wildman–Crippen LogP) is 4.54. The highest BCUT2D eigenvalue weighted by Crippen LogP contribution is 2.32. The average Bonchev–Trinajstić information content (AvgIpc) is 2.13. The third-order valence-electron chi connectivity index (χ3n) is 1.81. The third kappa shape index (κ3) is 3.85. The van der Waals surface area contributed by atoms with E-state index in [0.29, 0.717) is 0 Å². The van der Waals surface area contributed by atoms with Crippen LogP contribution in [0.2, 0.25) is 0 Å².